The number of non-ortho nitro benzene ring substituents is 1. The first kappa shape index (κ1) is 15.5. The maximum absolute atomic E-state index is 12.1. The van der Waals surface area contributed by atoms with Gasteiger partial charge < -0.3 is 14.6 Å². The van der Waals surface area contributed by atoms with Crippen molar-refractivity contribution in [2.75, 3.05) is 7.11 Å². The minimum Gasteiger partial charge on any atom is -0.506 e. The second kappa shape index (κ2) is 6.04. The second-order valence-corrected chi connectivity index (χ2v) is 5.10. The number of methoxy groups -OCH3 is 1. The van der Waals surface area contributed by atoms with Gasteiger partial charge in [-0.05, 0) is 29.8 Å². The van der Waals surface area contributed by atoms with Crippen molar-refractivity contribution in [3.8, 4) is 5.75 Å². The fraction of sp³-hybridized carbons (Fsp3) is 0.118. The van der Waals surface area contributed by atoms with Gasteiger partial charge >= 0.3 is 5.97 Å². The third kappa shape index (κ3) is 2.56. The number of hydrogen-bond acceptors (Lipinski definition) is 6. The smallest absolute Gasteiger partial charge is 0.341 e. The molecule has 0 bridgehead atoms. The third-order valence-electron chi connectivity index (χ3n) is 3.72. The van der Waals surface area contributed by atoms with Crippen molar-refractivity contribution in [1.82, 2.24) is 0 Å². The maximum Gasteiger partial charge on any atom is 0.341 e. The average Bonchev–Trinajstić information content (AvgIpc) is 2.61. The van der Waals surface area contributed by atoms with Crippen LogP contribution in [0.2, 0.25) is 0 Å². The quantitative estimate of drug-likeness (QED) is 0.528. The Hall–Kier alpha value is -3.35. The molecule has 0 saturated heterocycles. The summed E-state index contributed by atoms with van der Waals surface area (Å²) in [5.41, 5.74) is 0.742. The van der Waals surface area contributed by atoms with Gasteiger partial charge in [0, 0.05) is 12.1 Å². The Balaban J connectivity index is 2.11. The fourth-order valence-corrected chi connectivity index (χ4v) is 2.54. The molecule has 7 nitrogen and oxygen atoms in total. The Morgan fingerprint density at radius 3 is 2.50 bits per heavy atom. The molecule has 1 atom stereocenters. The summed E-state index contributed by atoms with van der Waals surface area (Å²) < 4.78 is 10.6. The lowest BCUT2D eigenvalue weighted by molar-refractivity contribution is -0.384. The lowest BCUT2D eigenvalue weighted by Gasteiger charge is -2.27. The summed E-state index contributed by atoms with van der Waals surface area (Å²) in [6.07, 6.45) is -0.923. The van der Waals surface area contributed by atoms with Gasteiger partial charge in [-0.3, -0.25) is 10.1 Å². The number of esters is 1. The summed E-state index contributed by atoms with van der Waals surface area (Å²) in [5.74, 6) is -0.552. The molecule has 7 heteroatoms. The summed E-state index contributed by atoms with van der Waals surface area (Å²) in [6.45, 7) is 0. The van der Waals surface area contributed by atoms with Gasteiger partial charge in [0.05, 0.1) is 17.6 Å². The Kier molecular flexibility index (Phi) is 3.91. The first-order valence-electron chi connectivity index (χ1n) is 7.04. The van der Waals surface area contributed by atoms with Crippen LogP contribution >= 0.6 is 0 Å². The van der Waals surface area contributed by atoms with Crippen LogP contribution in [-0.2, 0) is 9.53 Å². The van der Waals surface area contributed by atoms with Crippen LogP contribution in [0.15, 0.2) is 54.1 Å². The molecule has 0 radical (unpaired) electrons. The van der Waals surface area contributed by atoms with E-state index in [9.17, 15) is 20.0 Å². The summed E-state index contributed by atoms with van der Waals surface area (Å²) >= 11 is 0. The molecular formula is C17H13NO6. The monoisotopic (exact) mass is 327 g/mol. The molecule has 2 aromatic rings. The van der Waals surface area contributed by atoms with E-state index in [1.165, 1.54) is 31.4 Å². The highest BCUT2D eigenvalue weighted by molar-refractivity contribution is 5.98. The Morgan fingerprint density at radius 1 is 1.21 bits per heavy atom. The SMILES string of the molecule is COC(=O)C1=C(O)c2ccccc2OC1c1ccc([N+](=O)[O-])cc1. The molecule has 1 unspecified atom stereocenters. The highest BCUT2D eigenvalue weighted by Crippen LogP contribution is 2.41. The minimum atomic E-state index is -0.923. The highest BCUT2D eigenvalue weighted by Gasteiger charge is 2.35. The number of carbonyl (C=O) groups is 1. The number of hydrogen-bond donors (Lipinski definition) is 1. The molecule has 0 fully saturated rings. The molecule has 0 aliphatic carbocycles. The molecule has 24 heavy (non-hydrogen) atoms. The van der Waals surface area contributed by atoms with Crippen LogP contribution in [0.5, 0.6) is 5.75 Å². The largest absolute Gasteiger partial charge is 0.506 e. The van der Waals surface area contributed by atoms with Crippen molar-refractivity contribution >= 4 is 17.4 Å². The summed E-state index contributed by atoms with van der Waals surface area (Å²) in [5, 5.41) is 21.3. The van der Waals surface area contributed by atoms with Crippen LogP contribution in [-0.4, -0.2) is 23.1 Å². The molecule has 0 aromatic heterocycles. The first-order chi connectivity index (χ1) is 11.5. The molecule has 0 spiro atoms. The van der Waals surface area contributed by atoms with Crippen molar-refractivity contribution in [2.45, 2.75) is 6.10 Å². The number of ether oxygens (including phenoxy) is 2. The van der Waals surface area contributed by atoms with Gasteiger partial charge in [-0.2, -0.15) is 0 Å². The van der Waals surface area contributed by atoms with Gasteiger partial charge in [0.15, 0.2) is 6.10 Å². The van der Waals surface area contributed by atoms with Crippen molar-refractivity contribution < 1.29 is 24.3 Å². The van der Waals surface area contributed by atoms with E-state index in [1.807, 2.05) is 0 Å². The predicted molar refractivity (Wildman–Crippen MR) is 84.5 cm³/mol. The number of nitro groups is 1. The van der Waals surface area contributed by atoms with Crippen LogP contribution in [0.4, 0.5) is 5.69 Å². The van der Waals surface area contributed by atoms with E-state index < -0.39 is 17.0 Å². The number of carbonyl (C=O) groups excluding carboxylic acids is 1. The molecule has 2 aromatic carbocycles. The van der Waals surface area contributed by atoms with Gasteiger partial charge in [-0.25, -0.2) is 4.79 Å². The molecule has 3 rings (SSSR count). The number of aliphatic hydroxyl groups excluding tert-OH is 1. The molecular weight excluding hydrogens is 314 g/mol. The summed E-state index contributed by atoms with van der Waals surface area (Å²) in [4.78, 5) is 22.4. The lowest BCUT2D eigenvalue weighted by Crippen LogP contribution is -2.23. The van der Waals surface area contributed by atoms with E-state index in [0.29, 0.717) is 16.9 Å². The van der Waals surface area contributed by atoms with Crippen molar-refractivity contribution in [3.63, 3.8) is 0 Å². The zero-order valence-corrected chi connectivity index (χ0v) is 12.6. The average molecular weight is 327 g/mol. The van der Waals surface area contributed by atoms with Crippen LogP contribution in [0.25, 0.3) is 5.76 Å². The molecule has 0 saturated carbocycles. The van der Waals surface area contributed by atoms with Gasteiger partial charge in [-0.15, -0.1) is 0 Å². The number of benzene rings is 2. The van der Waals surface area contributed by atoms with Crippen molar-refractivity contribution in [2.24, 2.45) is 0 Å². The molecule has 1 aliphatic heterocycles. The normalized spacial score (nSPS) is 16.1. The molecule has 1 aliphatic rings. The number of aliphatic hydroxyl groups is 1. The number of rotatable bonds is 3. The number of nitrogens with zero attached hydrogens (tertiary/aromatic N) is 1. The zero-order valence-electron chi connectivity index (χ0n) is 12.6. The Morgan fingerprint density at radius 2 is 1.88 bits per heavy atom. The number of nitro benzene ring substituents is 1. The van der Waals surface area contributed by atoms with Gasteiger partial charge in [0.25, 0.3) is 5.69 Å². The van der Waals surface area contributed by atoms with E-state index in [4.69, 9.17) is 9.47 Å². The lowest BCUT2D eigenvalue weighted by atomic mass is 9.94. The molecule has 1 N–H and O–H groups in total. The molecule has 0 amide bonds. The van der Waals surface area contributed by atoms with E-state index in [2.05, 4.69) is 0 Å². The Bertz CT molecular complexity index is 840. The summed E-state index contributed by atoms with van der Waals surface area (Å²) in [7, 11) is 1.20. The Labute approximate surface area is 136 Å². The van der Waals surface area contributed by atoms with Gasteiger partial charge in [0.2, 0.25) is 0 Å². The van der Waals surface area contributed by atoms with Gasteiger partial charge in [-0.1, -0.05) is 12.1 Å². The second-order valence-electron chi connectivity index (χ2n) is 5.10. The van der Waals surface area contributed by atoms with E-state index in [0.717, 1.165) is 0 Å². The van der Waals surface area contributed by atoms with E-state index in [1.54, 1.807) is 24.3 Å². The summed E-state index contributed by atoms with van der Waals surface area (Å²) in [6, 6.07) is 12.3. The van der Waals surface area contributed by atoms with Crippen LogP contribution in [0, 0.1) is 10.1 Å². The minimum absolute atomic E-state index is 0.0509. The number of para-hydroxylation sites is 1. The van der Waals surface area contributed by atoms with Crippen molar-refractivity contribution in [1.29, 1.82) is 0 Å². The third-order valence-corrected chi connectivity index (χ3v) is 3.72. The van der Waals surface area contributed by atoms with Gasteiger partial charge in [0.1, 0.15) is 17.1 Å². The first-order valence-corrected chi connectivity index (χ1v) is 7.04. The molecule has 1 heterocycles. The van der Waals surface area contributed by atoms with Crippen LogP contribution in [0.3, 0.4) is 0 Å². The van der Waals surface area contributed by atoms with E-state index in [-0.39, 0.29) is 17.0 Å². The standard InChI is InChI=1S/C17H13NO6/c1-23-17(20)14-15(19)12-4-2-3-5-13(12)24-16(14)10-6-8-11(9-7-10)18(21)22/h2-9,16,19H,1H3. The molecule has 122 valence electrons. The van der Waals surface area contributed by atoms with E-state index >= 15 is 0 Å². The number of fused-ring (bicyclic) bond motifs is 1. The fourth-order valence-electron chi connectivity index (χ4n) is 2.54. The van der Waals surface area contributed by atoms with Crippen molar-refractivity contribution in [3.05, 3.63) is 75.3 Å². The predicted octanol–water partition coefficient (Wildman–Crippen LogP) is 3.17. The maximum atomic E-state index is 12.1. The van der Waals surface area contributed by atoms with Crippen LogP contribution < -0.4 is 4.74 Å². The highest BCUT2D eigenvalue weighted by atomic mass is 16.6. The zero-order chi connectivity index (χ0) is 17.3. The topological polar surface area (TPSA) is 98.9 Å². The van der Waals surface area contributed by atoms with Crippen LogP contribution in [0.1, 0.15) is 17.2 Å².